The van der Waals surface area contributed by atoms with Crippen LogP contribution in [0.5, 0.6) is 0 Å². The molecule has 1 aromatic carbocycles. The average molecular weight is 337 g/mol. The summed E-state index contributed by atoms with van der Waals surface area (Å²) in [6.07, 6.45) is 2.45. The third-order valence-electron chi connectivity index (χ3n) is 3.53. The van der Waals surface area contributed by atoms with Gasteiger partial charge < -0.3 is 10.4 Å². The van der Waals surface area contributed by atoms with E-state index >= 15 is 0 Å². The van der Waals surface area contributed by atoms with Gasteiger partial charge in [-0.15, -0.1) is 0 Å². The summed E-state index contributed by atoms with van der Waals surface area (Å²) in [5, 5.41) is 13.6. The normalized spacial score (nSPS) is 19.7. The fourth-order valence-electron chi connectivity index (χ4n) is 2.44. The van der Waals surface area contributed by atoms with E-state index in [1.165, 1.54) is 24.5 Å². The average Bonchev–Trinajstić information content (AvgIpc) is 2.77. The van der Waals surface area contributed by atoms with Crippen LogP contribution in [-0.2, 0) is 10.4 Å². The summed E-state index contributed by atoms with van der Waals surface area (Å²) in [7, 11) is 0. The Balaban J connectivity index is 2.03. The number of fused-ring (bicyclic) bond motifs is 1. The molecule has 3 rings (SSSR count). The molecule has 0 aliphatic carbocycles. The van der Waals surface area contributed by atoms with Crippen molar-refractivity contribution in [3.05, 3.63) is 57.8 Å². The first-order valence-electron chi connectivity index (χ1n) is 6.39. The highest BCUT2D eigenvalue weighted by Crippen LogP contribution is 2.46. The molecule has 7 heteroatoms. The summed E-state index contributed by atoms with van der Waals surface area (Å²) in [6.45, 7) is 0. The molecule has 22 heavy (non-hydrogen) atoms. The van der Waals surface area contributed by atoms with Gasteiger partial charge in [-0.1, -0.05) is 23.2 Å². The lowest BCUT2D eigenvalue weighted by atomic mass is 9.88. The van der Waals surface area contributed by atoms with Crippen molar-refractivity contribution in [2.45, 2.75) is 12.0 Å². The van der Waals surface area contributed by atoms with Gasteiger partial charge >= 0.3 is 0 Å². The molecule has 1 aliphatic rings. The number of ketones is 1. The summed E-state index contributed by atoms with van der Waals surface area (Å²) >= 11 is 12.1. The van der Waals surface area contributed by atoms with Crippen LogP contribution < -0.4 is 5.32 Å². The Morgan fingerprint density at radius 1 is 1.27 bits per heavy atom. The van der Waals surface area contributed by atoms with E-state index in [-0.39, 0.29) is 21.3 Å². The van der Waals surface area contributed by atoms with Gasteiger partial charge in [-0.25, -0.2) is 0 Å². The third-order valence-corrected chi connectivity index (χ3v) is 4.16. The van der Waals surface area contributed by atoms with E-state index in [0.717, 1.165) is 0 Å². The third kappa shape index (κ3) is 2.27. The molecule has 2 heterocycles. The molecule has 0 bridgehead atoms. The molecule has 0 saturated carbocycles. The lowest BCUT2D eigenvalue weighted by Gasteiger charge is -2.21. The Morgan fingerprint density at radius 2 is 2.00 bits per heavy atom. The van der Waals surface area contributed by atoms with Crippen molar-refractivity contribution >= 4 is 40.6 Å². The van der Waals surface area contributed by atoms with E-state index in [0.29, 0.717) is 5.56 Å². The molecule has 0 radical (unpaired) electrons. The van der Waals surface area contributed by atoms with Crippen LogP contribution in [0.25, 0.3) is 0 Å². The first kappa shape index (κ1) is 15.0. The number of nitrogens with zero attached hydrogens (tertiary/aromatic N) is 1. The number of hydrogen-bond acceptors (Lipinski definition) is 4. The number of amides is 1. The molecule has 112 valence electrons. The van der Waals surface area contributed by atoms with Gasteiger partial charge in [0.15, 0.2) is 11.4 Å². The fourth-order valence-corrected chi connectivity index (χ4v) is 2.96. The second-order valence-electron chi connectivity index (χ2n) is 4.94. The standard InChI is InChI=1S/C15H10Cl2N2O3/c16-9-3-4-10(17)13-12(9)15(22,14(21)19-13)6-11(20)8-2-1-5-18-7-8/h1-5,7,22H,6H2,(H,19,21)/t15-/m0/s1. The van der Waals surface area contributed by atoms with E-state index in [4.69, 9.17) is 23.2 Å². The fraction of sp³-hybridized carbons (Fsp3) is 0.133. The SMILES string of the molecule is O=C(C[C@@]1(O)C(=O)Nc2c(Cl)ccc(Cl)c21)c1cccnc1. The second-order valence-corrected chi connectivity index (χ2v) is 5.75. The van der Waals surface area contributed by atoms with Crippen LogP contribution in [0.1, 0.15) is 22.3 Å². The summed E-state index contributed by atoms with van der Waals surface area (Å²) in [5.41, 5.74) is -1.38. The van der Waals surface area contributed by atoms with Gasteiger partial charge in [0.25, 0.3) is 5.91 Å². The summed E-state index contributed by atoms with van der Waals surface area (Å²) in [5.74, 6) is -1.15. The van der Waals surface area contributed by atoms with E-state index in [1.807, 2.05) is 0 Å². The number of carbonyl (C=O) groups excluding carboxylic acids is 2. The smallest absolute Gasteiger partial charge is 0.261 e. The number of carbonyl (C=O) groups is 2. The van der Waals surface area contributed by atoms with Crippen LogP contribution in [0, 0.1) is 0 Å². The lowest BCUT2D eigenvalue weighted by molar-refractivity contribution is -0.133. The molecule has 1 aromatic heterocycles. The predicted molar refractivity (Wildman–Crippen MR) is 82.2 cm³/mol. The Morgan fingerprint density at radius 3 is 2.68 bits per heavy atom. The quantitative estimate of drug-likeness (QED) is 0.844. The summed E-state index contributed by atoms with van der Waals surface area (Å²) < 4.78 is 0. The van der Waals surface area contributed by atoms with Crippen molar-refractivity contribution in [3.63, 3.8) is 0 Å². The topological polar surface area (TPSA) is 79.3 Å². The van der Waals surface area contributed by atoms with Gasteiger partial charge in [-0.2, -0.15) is 0 Å². The van der Waals surface area contributed by atoms with Crippen LogP contribution in [0.2, 0.25) is 10.0 Å². The number of aromatic nitrogens is 1. The number of hydrogen-bond donors (Lipinski definition) is 2. The van der Waals surface area contributed by atoms with Crippen molar-refractivity contribution in [1.82, 2.24) is 4.98 Å². The molecule has 1 amide bonds. The number of benzene rings is 1. The van der Waals surface area contributed by atoms with E-state index < -0.39 is 23.7 Å². The van der Waals surface area contributed by atoms with Crippen LogP contribution in [0.3, 0.4) is 0 Å². The van der Waals surface area contributed by atoms with Crippen LogP contribution >= 0.6 is 23.2 Å². The highest BCUT2D eigenvalue weighted by atomic mass is 35.5. The number of halogens is 2. The zero-order chi connectivity index (χ0) is 15.9. The maximum atomic E-state index is 12.3. The number of Topliss-reactive ketones (excluding diaryl/α,β-unsaturated/α-hetero) is 1. The molecule has 2 aromatic rings. The highest BCUT2D eigenvalue weighted by molar-refractivity contribution is 6.38. The largest absolute Gasteiger partial charge is 0.375 e. The molecule has 1 atom stereocenters. The minimum Gasteiger partial charge on any atom is -0.375 e. The van der Waals surface area contributed by atoms with E-state index in [2.05, 4.69) is 10.3 Å². The Labute approximate surface area is 135 Å². The molecule has 0 saturated heterocycles. The molecule has 0 spiro atoms. The zero-order valence-electron chi connectivity index (χ0n) is 11.1. The van der Waals surface area contributed by atoms with Crippen molar-refractivity contribution < 1.29 is 14.7 Å². The summed E-state index contributed by atoms with van der Waals surface area (Å²) in [4.78, 5) is 28.3. The van der Waals surface area contributed by atoms with Crippen molar-refractivity contribution in [2.24, 2.45) is 0 Å². The van der Waals surface area contributed by atoms with Crippen molar-refractivity contribution in [2.75, 3.05) is 5.32 Å². The minimum atomic E-state index is -2.05. The van der Waals surface area contributed by atoms with Gasteiger partial charge in [0.05, 0.1) is 17.1 Å². The molecule has 2 N–H and O–H groups in total. The van der Waals surface area contributed by atoms with Gasteiger partial charge in [-0.3, -0.25) is 14.6 Å². The van der Waals surface area contributed by atoms with E-state index in [9.17, 15) is 14.7 Å². The lowest BCUT2D eigenvalue weighted by Crippen LogP contribution is -2.36. The van der Waals surface area contributed by atoms with Crippen LogP contribution in [0.15, 0.2) is 36.7 Å². The highest BCUT2D eigenvalue weighted by Gasteiger charge is 2.49. The van der Waals surface area contributed by atoms with Gasteiger partial charge in [0, 0.05) is 28.5 Å². The minimum absolute atomic E-state index is 0.129. The zero-order valence-corrected chi connectivity index (χ0v) is 12.6. The summed E-state index contributed by atoms with van der Waals surface area (Å²) in [6, 6.07) is 6.15. The Bertz CT molecular complexity index is 780. The number of anilines is 1. The first-order chi connectivity index (χ1) is 10.4. The van der Waals surface area contributed by atoms with Gasteiger partial charge in [0.1, 0.15) is 0 Å². The predicted octanol–water partition coefficient (Wildman–Crippen LogP) is 2.80. The number of pyridine rings is 1. The maximum absolute atomic E-state index is 12.3. The number of aliphatic hydroxyl groups is 1. The number of nitrogens with one attached hydrogen (secondary N) is 1. The molecule has 0 unspecified atom stereocenters. The van der Waals surface area contributed by atoms with Gasteiger partial charge in [-0.05, 0) is 24.3 Å². The molecule has 0 fully saturated rings. The van der Waals surface area contributed by atoms with E-state index in [1.54, 1.807) is 12.1 Å². The monoisotopic (exact) mass is 336 g/mol. The van der Waals surface area contributed by atoms with Gasteiger partial charge in [0.2, 0.25) is 0 Å². The van der Waals surface area contributed by atoms with Crippen molar-refractivity contribution in [1.29, 1.82) is 0 Å². The molecular formula is C15H10Cl2N2O3. The molecular weight excluding hydrogens is 327 g/mol. The maximum Gasteiger partial charge on any atom is 0.261 e. The molecule has 1 aliphatic heterocycles. The van der Waals surface area contributed by atoms with Crippen molar-refractivity contribution in [3.8, 4) is 0 Å². The first-order valence-corrected chi connectivity index (χ1v) is 7.14. The van der Waals surface area contributed by atoms with Crippen LogP contribution in [0.4, 0.5) is 5.69 Å². The number of rotatable bonds is 3. The second kappa shape index (κ2) is 5.35. The van der Waals surface area contributed by atoms with Crippen LogP contribution in [-0.4, -0.2) is 21.8 Å². The molecule has 5 nitrogen and oxygen atoms in total. The Hall–Kier alpha value is -1.95. The Kier molecular flexibility index (Phi) is 3.64.